The maximum atomic E-state index is 2.46. The lowest BCUT2D eigenvalue weighted by Crippen LogP contribution is -2.35. The average Bonchev–Trinajstić information content (AvgIpc) is 3.71. The van der Waals surface area contributed by atoms with Gasteiger partial charge in [0, 0.05) is 0 Å². The van der Waals surface area contributed by atoms with E-state index in [0.29, 0.717) is 32.5 Å². The van der Waals surface area contributed by atoms with Gasteiger partial charge in [-0.15, -0.1) is 0 Å². The smallest absolute Gasteiger partial charge is 0.0334 e. The van der Waals surface area contributed by atoms with Crippen LogP contribution >= 0.6 is 0 Å². The lowest BCUT2D eigenvalue weighted by molar-refractivity contribution is 0.0622. The van der Waals surface area contributed by atoms with Crippen molar-refractivity contribution in [3.63, 3.8) is 0 Å². The van der Waals surface area contributed by atoms with Crippen molar-refractivity contribution in [2.45, 2.75) is 221 Å². The molecular weight excluding hydrogens is 613 g/mol. The minimum atomic E-state index is 0.524. The molecule has 6 aliphatic rings. The highest BCUT2D eigenvalue weighted by molar-refractivity contribution is 4.98. The maximum absolute atomic E-state index is 2.46. The molecule has 6 fully saturated rings. The van der Waals surface area contributed by atoms with Crippen LogP contribution in [0.1, 0.15) is 221 Å². The first-order valence-electron chi connectivity index (χ1n) is 23.1. The topological polar surface area (TPSA) is 0 Å². The van der Waals surface area contributed by atoms with Crippen LogP contribution in [0.15, 0.2) is 0 Å². The Kier molecular flexibility index (Phi) is 13.6. The predicted octanol–water partition coefficient (Wildman–Crippen LogP) is 16.6. The minimum absolute atomic E-state index is 0.524. The van der Waals surface area contributed by atoms with Gasteiger partial charge in [0.05, 0.1) is 0 Å². The highest BCUT2D eigenvalue weighted by atomic mass is 14.5. The van der Waals surface area contributed by atoms with E-state index >= 15 is 0 Å². The predicted molar refractivity (Wildman–Crippen MR) is 228 cm³/mol. The normalized spacial score (nSPS) is 39.2. The van der Waals surface area contributed by atoms with E-state index < -0.39 is 0 Å². The number of hydrogen-bond acceptors (Lipinski definition) is 0. The zero-order valence-electron chi connectivity index (χ0n) is 38.5. The molecule has 0 amide bonds. The molecule has 0 heterocycles. The molecule has 0 aromatic heterocycles. The molecule has 12 unspecified atom stereocenters. The zero-order chi connectivity index (χ0) is 38.5. The monoisotopic (exact) mass is 709 g/mol. The molecule has 0 heteroatoms. The molecule has 12 atom stereocenters. The third-order valence-corrected chi connectivity index (χ3v) is 17.3. The fourth-order valence-electron chi connectivity index (χ4n) is 13.5. The molecule has 51 heavy (non-hydrogen) atoms. The van der Waals surface area contributed by atoms with Gasteiger partial charge in [-0.1, -0.05) is 125 Å². The number of fused-ring (bicyclic) bond motifs is 3. The van der Waals surface area contributed by atoms with E-state index in [4.69, 9.17) is 0 Å². The van der Waals surface area contributed by atoms with Crippen LogP contribution in [-0.2, 0) is 0 Å². The van der Waals surface area contributed by atoms with Gasteiger partial charge in [-0.25, -0.2) is 0 Å². The van der Waals surface area contributed by atoms with Crippen molar-refractivity contribution in [1.29, 1.82) is 0 Å². The molecule has 0 spiro atoms. The van der Waals surface area contributed by atoms with E-state index in [-0.39, 0.29) is 0 Å². The SMILES string of the molecule is CC(C)(C)C1CCC2C(CCC2C(C)(C)C)C1.CC(C)(C)C1CCC2CC(C(C)(C)C)CC2C1.CC(C)(C)C1CCC2CCC(C(C)(C)C)C2C1. The van der Waals surface area contributed by atoms with Gasteiger partial charge in [0.25, 0.3) is 0 Å². The Morgan fingerprint density at radius 3 is 1.04 bits per heavy atom. The first-order chi connectivity index (χ1) is 23.1. The van der Waals surface area contributed by atoms with Crippen molar-refractivity contribution in [1.82, 2.24) is 0 Å². The largest absolute Gasteiger partial charge is 0.0599 e. The summed E-state index contributed by atoms with van der Waals surface area (Å²) in [7, 11) is 0. The third kappa shape index (κ3) is 11.3. The lowest BCUT2D eigenvalue weighted by atomic mass is 9.62. The van der Waals surface area contributed by atoms with Crippen molar-refractivity contribution in [3.05, 3.63) is 0 Å². The first kappa shape index (κ1) is 43.7. The van der Waals surface area contributed by atoms with Crippen molar-refractivity contribution in [2.75, 3.05) is 0 Å². The lowest BCUT2D eigenvalue weighted by Gasteiger charge is -2.43. The Balaban J connectivity index is 0.000000172. The van der Waals surface area contributed by atoms with Crippen LogP contribution in [0.25, 0.3) is 0 Å². The second kappa shape index (κ2) is 15.9. The molecule has 6 saturated carbocycles. The van der Waals surface area contributed by atoms with Crippen molar-refractivity contribution >= 4 is 0 Å². The molecule has 0 nitrogen and oxygen atoms in total. The Labute approximate surface area is 323 Å². The molecule has 6 rings (SSSR count). The number of rotatable bonds is 0. The van der Waals surface area contributed by atoms with Crippen molar-refractivity contribution in [3.8, 4) is 0 Å². The molecule has 0 radical (unpaired) electrons. The van der Waals surface area contributed by atoms with Crippen LogP contribution in [0.2, 0.25) is 0 Å². The summed E-state index contributed by atoms with van der Waals surface area (Å²) < 4.78 is 0. The Hall–Kier alpha value is 0. The minimum Gasteiger partial charge on any atom is -0.0599 e. The molecule has 0 N–H and O–H groups in total. The Morgan fingerprint density at radius 1 is 0.235 bits per heavy atom. The van der Waals surface area contributed by atoms with E-state index in [2.05, 4.69) is 125 Å². The highest BCUT2D eigenvalue weighted by Crippen LogP contribution is 2.58. The highest BCUT2D eigenvalue weighted by Gasteiger charge is 2.48. The molecule has 6 aliphatic carbocycles. The molecular formula is C51H96. The van der Waals surface area contributed by atoms with E-state index in [1.165, 1.54) is 96.3 Å². The van der Waals surface area contributed by atoms with Gasteiger partial charge in [-0.2, -0.15) is 0 Å². The van der Waals surface area contributed by atoms with Crippen molar-refractivity contribution in [2.24, 2.45) is 104 Å². The fraction of sp³-hybridized carbons (Fsp3) is 1.00. The molecule has 300 valence electrons. The summed E-state index contributed by atoms with van der Waals surface area (Å²) in [5.74, 6) is 12.2. The molecule has 0 aromatic rings. The van der Waals surface area contributed by atoms with Gasteiger partial charge in [0.1, 0.15) is 0 Å². The molecule has 0 saturated heterocycles. The molecule has 0 bridgehead atoms. The second-order valence-corrected chi connectivity index (χ2v) is 26.6. The molecule has 0 aromatic carbocycles. The summed E-state index contributed by atoms with van der Waals surface area (Å²) >= 11 is 0. The average molecular weight is 709 g/mol. The summed E-state index contributed by atoms with van der Waals surface area (Å²) in [6.45, 7) is 44.0. The van der Waals surface area contributed by atoms with Gasteiger partial charge in [0.15, 0.2) is 0 Å². The fourth-order valence-corrected chi connectivity index (χ4v) is 13.5. The number of hydrogen-bond donors (Lipinski definition) is 0. The van der Waals surface area contributed by atoms with Gasteiger partial charge >= 0.3 is 0 Å². The summed E-state index contributed by atoms with van der Waals surface area (Å²) in [5.41, 5.74) is 3.19. The van der Waals surface area contributed by atoms with Crippen molar-refractivity contribution < 1.29 is 0 Å². The van der Waals surface area contributed by atoms with Gasteiger partial charge in [0.2, 0.25) is 0 Å². The van der Waals surface area contributed by atoms with Gasteiger partial charge in [-0.3, -0.25) is 0 Å². The maximum Gasteiger partial charge on any atom is -0.0334 e. The van der Waals surface area contributed by atoms with Crippen LogP contribution in [0.3, 0.4) is 0 Å². The van der Waals surface area contributed by atoms with Crippen LogP contribution in [0, 0.1) is 104 Å². The summed E-state index contributed by atoms with van der Waals surface area (Å²) in [5, 5.41) is 0. The van der Waals surface area contributed by atoms with E-state index in [0.717, 1.165) is 71.0 Å². The summed E-state index contributed by atoms with van der Waals surface area (Å²) in [6.07, 6.45) is 22.6. The van der Waals surface area contributed by atoms with Crippen LogP contribution in [0.4, 0.5) is 0 Å². The van der Waals surface area contributed by atoms with E-state index in [1.807, 2.05) is 0 Å². The Bertz CT molecular complexity index is 1030. The van der Waals surface area contributed by atoms with Crippen LogP contribution in [0.5, 0.6) is 0 Å². The second-order valence-electron chi connectivity index (χ2n) is 26.6. The zero-order valence-corrected chi connectivity index (χ0v) is 38.5. The van der Waals surface area contributed by atoms with E-state index in [1.54, 1.807) is 0 Å². The van der Waals surface area contributed by atoms with E-state index in [9.17, 15) is 0 Å². The summed E-state index contributed by atoms with van der Waals surface area (Å²) in [4.78, 5) is 0. The van der Waals surface area contributed by atoms with Crippen LogP contribution < -0.4 is 0 Å². The van der Waals surface area contributed by atoms with Crippen LogP contribution in [-0.4, -0.2) is 0 Å². The third-order valence-electron chi connectivity index (χ3n) is 17.3. The van der Waals surface area contributed by atoms with Gasteiger partial charge < -0.3 is 0 Å². The molecule has 0 aliphatic heterocycles. The summed E-state index contributed by atoms with van der Waals surface area (Å²) in [6, 6.07) is 0. The standard InChI is InChI=1S/3C17H32/c1-16(2,3)13-8-9-14-12(11-13)7-10-15(14)17(4,5)6;1-16(2,3)13-9-7-12-8-10-15(14(12)11-13)17(4,5)6;1-16(2,3)14-8-7-12-9-15(17(4,5)6)11-13(12)10-14/h3*12-15H,7-11H2,1-6H3. The van der Waals surface area contributed by atoms with Gasteiger partial charge in [-0.05, 0) is 200 Å². The quantitative estimate of drug-likeness (QED) is 0.235. The first-order valence-corrected chi connectivity index (χ1v) is 23.1. The Morgan fingerprint density at radius 2 is 0.569 bits per heavy atom.